The SMILES string of the molecule is CCOCCCNCCCn1ccnc1. The van der Waals surface area contributed by atoms with Crippen LogP contribution in [0.2, 0.25) is 0 Å². The molecule has 1 N–H and O–H groups in total. The molecule has 0 unspecified atom stereocenters. The molecule has 0 saturated carbocycles. The molecule has 4 nitrogen and oxygen atoms in total. The Balaban J connectivity index is 1.81. The van der Waals surface area contributed by atoms with Crippen molar-refractivity contribution in [1.29, 1.82) is 0 Å². The van der Waals surface area contributed by atoms with Crippen molar-refractivity contribution in [1.82, 2.24) is 14.9 Å². The first kappa shape index (κ1) is 12.2. The molecule has 0 saturated heterocycles. The van der Waals surface area contributed by atoms with Crippen LogP contribution in [0.3, 0.4) is 0 Å². The third-order valence-electron chi connectivity index (χ3n) is 2.18. The third-order valence-corrected chi connectivity index (χ3v) is 2.18. The van der Waals surface area contributed by atoms with Gasteiger partial charge in [0.1, 0.15) is 0 Å². The number of rotatable bonds is 9. The van der Waals surface area contributed by atoms with E-state index in [1.165, 1.54) is 0 Å². The van der Waals surface area contributed by atoms with Gasteiger partial charge in [0, 0.05) is 32.2 Å². The van der Waals surface area contributed by atoms with Crippen molar-refractivity contribution in [2.24, 2.45) is 0 Å². The van der Waals surface area contributed by atoms with Gasteiger partial charge in [-0.25, -0.2) is 4.98 Å². The maximum Gasteiger partial charge on any atom is 0.0945 e. The van der Waals surface area contributed by atoms with Crippen molar-refractivity contribution in [3.8, 4) is 0 Å². The summed E-state index contributed by atoms with van der Waals surface area (Å²) in [7, 11) is 0. The molecule has 0 amide bonds. The molecule has 0 bridgehead atoms. The minimum atomic E-state index is 0.820. The number of hydrogen-bond acceptors (Lipinski definition) is 3. The Kier molecular flexibility index (Phi) is 6.86. The van der Waals surface area contributed by atoms with Crippen molar-refractivity contribution < 1.29 is 4.74 Å². The average Bonchev–Trinajstić information content (AvgIpc) is 2.75. The minimum absolute atomic E-state index is 0.820. The minimum Gasteiger partial charge on any atom is -0.382 e. The molecule has 0 spiro atoms. The second kappa shape index (κ2) is 8.44. The van der Waals surface area contributed by atoms with Gasteiger partial charge in [-0.3, -0.25) is 0 Å². The molecule has 0 aromatic carbocycles. The monoisotopic (exact) mass is 211 g/mol. The number of aryl methyl sites for hydroxylation is 1. The summed E-state index contributed by atoms with van der Waals surface area (Å²) in [4.78, 5) is 4.00. The van der Waals surface area contributed by atoms with Crippen LogP contribution in [0.5, 0.6) is 0 Å². The molecule has 0 fully saturated rings. The largest absolute Gasteiger partial charge is 0.382 e. The number of hydrogen-bond donors (Lipinski definition) is 1. The van der Waals surface area contributed by atoms with E-state index >= 15 is 0 Å². The van der Waals surface area contributed by atoms with E-state index in [2.05, 4.69) is 14.9 Å². The molecule has 0 aliphatic heterocycles. The zero-order valence-corrected chi connectivity index (χ0v) is 9.48. The van der Waals surface area contributed by atoms with E-state index in [9.17, 15) is 0 Å². The van der Waals surface area contributed by atoms with E-state index in [0.717, 1.165) is 45.7 Å². The van der Waals surface area contributed by atoms with E-state index in [0.29, 0.717) is 0 Å². The van der Waals surface area contributed by atoms with Gasteiger partial charge >= 0.3 is 0 Å². The number of nitrogens with zero attached hydrogens (tertiary/aromatic N) is 2. The topological polar surface area (TPSA) is 39.1 Å². The Bertz CT molecular complexity index is 224. The molecule has 4 heteroatoms. The van der Waals surface area contributed by atoms with Crippen LogP contribution >= 0.6 is 0 Å². The summed E-state index contributed by atoms with van der Waals surface area (Å²) < 4.78 is 7.35. The highest BCUT2D eigenvalue weighted by Gasteiger charge is 1.91. The highest BCUT2D eigenvalue weighted by Crippen LogP contribution is 1.89. The van der Waals surface area contributed by atoms with Gasteiger partial charge in [-0.2, -0.15) is 0 Å². The normalized spacial score (nSPS) is 10.7. The third kappa shape index (κ3) is 6.25. The van der Waals surface area contributed by atoms with Crippen molar-refractivity contribution in [3.05, 3.63) is 18.7 Å². The van der Waals surface area contributed by atoms with Gasteiger partial charge < -0.3 is 14.6 Å². The number of ether oxygens (including phenoxy) is 1. The van der Waals surface area contributed by atoms with Crippen molar-refractivity contribution in [2.45, 2.75) is 26.3 Å². The molecular weight excluding hydrogens is 190 g/mol. The van der Waals surface area contributed by atoms with Gasteiger partial charge in [0.2, 0.25) is 0 Å². The molecule has 0 radical (unpaired) electrons. The van der Waals surface area contributed by atoms with Crippen LogP contribution < -0.4 is 5.32 Å². The Morgan fingerprint density at radius 3 is 2.93 bits per heavy atom. The van der Waals surface area contributed by atoms with Gasteiger partial charge in [0.15, 0.2) is 0 Å². The summed E-state index contributed by atoms with van der Waals surface area (Å²) in [6.45, 7) is 6.86. The Labute approximate surface area is 91.7 Å². The van der Waals surface area contributed by atoms with Crippen LogP contribution in [0.4, 0.5) is 0 Å². The smallest absolute Gasteiger partial charge is 0.0945 e. The lowest BCUT2D eigenvalue weighted by Gasteiger charge is -2.05. The Hall–Kier alpha value is -0.870. The average molecular weight is 211 g/mol. The summed E-state index contributed by atoms with van der Waals surface area (Å²) in [5.41, 5.74) is 0. The van der Waals surface area contributed by atoms with Crippen LogP contribution in [0, 0.1) is 0 Å². The molecule has 1 aromatic rings. The zero-order chi connectivity index (χ0) is 10.8. The summed E-state index contributed by atoms with van der Waals surface area (Å²) >= 11 is 0. The van der Waals surface area contributed by atoms with Crippen LogP contribution in [0.15, 0.2) is 18.7 Å². The molecule has 1 rings (SSSR count). The van der Waals surface area contributed by atoms with Crippen molar-refractivity contribution in [3.63, 3.8) is 0 Å². The van der Waals surface area contributed by atoms with E-state index in [-0.39, 0.29) is 0 Å². The molecule has 0 aliphatic rings. The van der Waals surface area contributed by atoms with E-state index in [1.807, 2.05) is 25.6 Å². The van der Waals surface area contributed by atoms with Gasteiger partial charge in [0.05, 0.1) is 6.33 Å². The van der Waals surface area contributed by atoms with Gasteiger partial charge in [-0.05, 0) is 32.9 Å². The predicted octanol–water partition coefficient (Wildman–Crippen LogP) is 1.29. The highest BCUT2D eigenvalue weighted by atomic mass is 16.5. The molecule has 15 heavy (non-hydrogen) atoms. The lowest BCUT2D eigenvalue weighted by molar-refractivity contribution is 0.145. The fourth-order valence-corrected chi connectivity index (χ4v) is 1.37. The molecule has 1 heterocycles. The quantitative estimate of drug-likeness (QED) is 0.626. The summed E-state index contributed by atoms with van der Waals surface area (Å²) in [6.07, 6.45) is 7.91. The molecule has 1 aromatic heterocycles. The van der Waals surface area contributed by atoms with E-state index < -0.39 is 0 Å². The molecular formula is C11H21N3O. The standard InChI is InChI=1S/C11H21N3O/c1-2-15-10-4-6-12-5-3-8-14-9-7-13-11-14/h7,9,11-12H,2-6,8,10H2,1H3. The summed E-state index contributed by atoms with van der Waals surface area (Å²) in [5, 5.41) is 3.39. The Morgan fingerprint density at radius 1 is 1.33 bits per heavy atom. The van der Waals surface area contributed by atoms with Gasteiger partial charge in [-0.15, -0.1) is 0 Å². The first-order valence-electron chi connectivity index (χ1n) is 5.67. The lowest BCUT2D eigenvalue weighted by Crippen LogP contribution is -2.19. The van der Waals surface area contributed by atoms with Crippen LogP contribution in [0.25, 0.3) is 0 Å². The fourth-order valence-electron chi connectivity index (χ4n) is 1.37. The fraction of sp³-hybridized carbons (Fsp3) is 0.727. The second-order valence-electron chi connectivity index (χ2n) is 3.45. The van der Waals surface area contributed by atoms with Crippen molar-refractivity contribution in [2.75, 3.05) is 26.3 Å². The zero-order valence-electron chi connectivity index (χ0n) is 9.48. The number of aromatic nitrogens is 2. The van der Waals surface area contributed by atoms with E-state index in [4.69, 9.17) is 4.74 Å². The number of nitrogens with one attached hydrogen (secondary N) is 1. The van der Waals surface area contributed by atoms with Crippen LogP contribution in [0.1, 0.15) is 19.8 Å². The molecule has 0 aliphatic carbocycles. The molecule has 86 valence electrons. The predicted molar refractivity (Wildman–Crippen MR) is 60.8 cm³/mol. The second-order valence-corrected chi connectivity index (χ2v) is 3.45. The summed E-state index contributed by atoms with van der Waals surface area (Å²) in [6, 6.07) is 0. The van der Waals surface area contributed by atoms with Crippen LogP contribution in [-0.4, -0.2) is 35.9 Å². The van der Waals surface area contributed by atoms with Gasteiger partial charge in [0.25, 0.3) is 0 Å². The number of imidazole rings is 1. The summed E-state index contributed by atoms with van der Waals surface area (Å²) in [5.74, 6) is 0. The Morgan fingerprint density at radius 2 is 2.20 bits per heavy atom. The highest BCUT2D eigenvalue weighted by molar-refractivity contribution is 4.73. The lowest BCUT2D eigenvalue weighted by atomic mass is 10.4. The van der Waals surface area contributed by atoms with Gasteiger partial charge in [-0.1, -0.05) is 0 Å². The van der Waals surface area contributed by atoms with Crippen molar-refractivity contribution >= 4 is 0 Å². The van der Waals surface area contributed by atoms with Crippen LogP contribution in [-0.2, 0) is 11.3 Å². The maximum atomic E-state index is 5.25. The molecule has 0 atom stereocenters. The first-order valence-corrected chi connectivity index (χ1v) is 5.67. The maximum absolute atomic E-state index is 5.25. The van der Waals surface area contributed by atoms with E-state index in [1.54, 1.807) is 0 Å². The first-order chi connectivity index (χ1) is 7.43.